The Kier molecular flexibility index (Phi) is 6.25. The molecule has 0 aliphatic carbocycles. The maximum atomic E-state index is 12.7. The molecule has 2 N–H and O–H groups in total. The fourth-order valence-electron chi connectivity index (χ4n) is 3.39. The van der Waals surface area contributed by atoms with Crippen molar-refractivity contribution in [3.8, 4) is 0 Å². The Balaban J connectivity index is 2.73. The van der Waals surface area contributed by atoms with Gasteiger partial charge in [-0.3, -0.25) is 4.79 Å². The van der Waals surface area contributed by atoms with E-state index in [2.05, 4.69) is 66.0 Å². The number of rotatable bonds is 7. The quantitative estimate of drug-likeness (QED) is 0.752. The van der Waals surface area contributed by atoms with Crippen LogP contribution in [0.3, 0.4) is 0 Å². The van der Waals surface area contributed by atoms with E-state index in [-0.39, 0.29) is 22.4 Å². The van der Waals surface area contributed by atoms with Gasteiger partial charge in [0.25, 0.3) is 0 Å². The zero-order valence-electron chi connectivity index (χ0n) is 16.1. The van der Waals surface area contributed by atoms with Gasteiger partial charge in [-0.25, -0.2) is 0 Å². The number of hydrogen-bond acceptors (Lipinski definition) is 3. The standard InChI is InChI=1S/C19H38N2O/c1-9-10-14(15-16(22)19(7,8)13-20-15)11-18(5,6)12-21-17(2,3)4/h14-15,20-21H,9-13H2,1-8H3. The highest BCUT2D eigenvalue weighted by atomic mass is 16.1. The highest BCUT2D eigenvalue weighted by Crippen LogP contribution is 2.35. The molecule has 22 heavy (non-hydrogen) atoms. The summed E-state index contributed by atoms with van der Waals surface area (Å²) in [6.07, 6.45) is 3.35. The summed E-state index contributed by atoms with van der Waals surface area (Å²) >= 11 is 0. The minimum atomic E-state index is -0.204. The Labute approximate surface area is 138 Å². The Morgan fingerprint density at radius 2 is 1.86 bits per heavy atom. The number of carbonyl (C=O) groups is 1. The summed E-state index contributed by atoms with van der Waals surface area (Å²) in [5, 5.41) is 7.13. The molecule has 3 heteroatoms. The van der Waals surface area contributed by atoms with Crippen LogP contribution in [0.1, 0.15) is 74.7 Å². The summed E-state index contributed by atoms with van der Waals surface area (Å²) in [5.74, 6) is 0.849. The molecule has 2 atom stereocenters. The number of hydrogen-bond donors (Lipinski definition) is 2. The van der Waals surface area contributed by atoms with E-state index >= 15 is 0 Å². The highest BCUT2D eigenvalue weighted by Gasteiger charge is 2.44. The third-order valence-corrected chi connectivity index (χ3v) is 4.76. The van der Waals surface area contributed by atoms with Crippen molar-refractivity contribution in [3.63, 3.8) is 0 Å². The van der Waals surface area contributed by atoms with E-state index in [4.69, 9.17) is 0 Å². The molecular formula is C19H38N2O. The maximum absolute atomic E-state index is 12.7. The van der Waals surface area contributed by atoms with Crippen molar-refractivity contribution >= 4 is 5.78 Å². The van der Waals surface area contributed by atoms with Crippen molar-refractivity contribution in [1.29, 1.82) is 0 Å². The van der Waals surface area contributed by atoms with Crippen LogP contribution in [0.25, 0.3) is 0 Å². The predicted octanol–water partition coefficient (Wildman–Crippen LogP) is 3.77. The fourth-order valence-corrected chi connectivity index (χ4v) is 3.39. The molecule has 1 rings (SSSR count). The van der Waals surface area contributed by atoms with E-state index in [1.807, 2.05) is 0 Å². The summed E-state index contributed by atoms with van der Waals surface area (Å²) in [4.78, 5) is 12.7. The van der Waals surface area contributed by atoms with E-state index in [0.29, 0.717) is 11.7 Å². The second-order valence-electron chi connectivity index (χ2n) is 9.63. The van der Waals surface area contributed by atoms with Crippen LogP contribution in [0.15, 0.2) is 0 Å². The first kappa shape index (κ1) is 19.6. The molecule has 1 fully saturated rings. The SMILES string of the molecule is CCCC(CC(C)(C)CNC(C)(C)C)C1NCC(C)(C)C1=O. The number of nitrogens with one attached hydrogen (secondary N) is 2. The lowest BCUT2D eigenvalue weighted by Crippen LogP contribution is -2.45. The minimum Gasteiger partial charge on any atom is -0.312 e. The Morgan fingerprint density at radius 1 is 1.27 bits per heavy atom. The highest BCUT2D eigenvalue weighted by molar-refractivity contribution is 5.91. The Morgan fingerprint density at radius 3 is 2.27 bits per heavy atom. The Hall–Kier alpha value is -0.410. The van der Waals surface area contributed by atoms with Crippen LogP contribution in [0, 0.1) is 16.7 Å². The lowest BCUT2D eigenvalue weighted by atomic mass is 9.75. The zero-order chi connectivity index (χ0) is 17.2. The van der Waals surface area contributed by atoms with Gasteiger partial charge in [0.15, 0.2) is 5.78 Å². The van der Waals surface area contributed by atoms with Gasteiger partial charge >= 0.3 is 0 Å². The third-order valence-electron chi connectivity index (χ3n) is 4.76. The largest absolute Gasteiger partial charge is 0.312 e. The van der Waals surface area contributed by atoms with Crippen molar-refractivity contribution < 1.29 is 4.79 Å². The normalized spacial score (nSPS) is 23.8. The van der Waals surface area contributed by atoms with Crippen molar-refractivity contribution in [1.82, 2.24) is 10.6 Å². The monoisotopic (exact) mass is 310 g/mol. The second-order valence-corrected chi connectivity index (χ2v) is 9.63. The van der Waals surface area contributed by atoms with Crippen LogP contribution < -0.4 is 10.6 Å². The molecular weight excluding hydrogens is 272 g/mol. The average Bonchev–Trinajstić information content (AvgIpc) is 2.61. The van der Waals surface area contributed by atoms with Gasteiger partial charge in [-0.1, -0.05) is 41.0 Å². The fraction of sp³-hybridized carbons (Fsp3) is 0.947. The summed E-state index contributed by atoms with van der Waals surface area (Å²) in [7, 11) is 0. The van der Waals surface area contributed by atoms with E-state index < -0.39 is 0 Å². The van der Waals surface area contributed by atoms with Crippen LogP contribution in [0.5, 0.6) is 0 Å². The van der Waals surface area contributed by atoms with E-state index in [1.165, 1.54) is 0 Å². The van der Waals surface area contributed by atoms with E-state index in [1.54, 1.807) is 0 Å². The molecule has 3 nitrogen and oxygen atoms in total. The average molecular weight is 311 g/mol. The number of ketones is 1. The smallest absolute Gasteiger partial charge is 0.156 e. The van der Waals surface area contributed by atoms with Crippen molar-refractivity contribution in [3.05, 3.63) is 0 Å². The molecule has 0 aromatic carbocycles. The summed E-state index contributed by atoms with van der Waals surface area (Å²) in [6, 6.07) is 0.0452. The molecule has 0 bridgehead atoms. The van der Waals surface area contributed by atoms with Gasteiger partial charge in [0.1, 0.15) is 0 Å². The van der Waals surface area contributed by atoms with Gasteiger partial charge in [0.05, 0.1) is 6.04 Å². The molecule has 1 aliphatic rings. The lowest BCUT2D eigenvalue weighted by molar-refractivity contribution is -0.126. The molecule has 2 unspecified atom stereocenters. The minimum absolute atomic E-state index is 0.0452. The van der Waals surface area contributed by atoms with Crippen LogP contribution in [-0.2, 0) is 4.79 Å². The van der Waals surface area contributed by atoms with Gasteiger partial charge in [-0.2, -0.15) is 0 Å². The Bertz CT molecular complexity index is 379. The molecule has 0 amide bonds. The molecule has 0 radical (unpaired) electrons. The lowest BCUT2D eigenvalue weighted by Gasteiger charge is -2.35. The third kappa shape index (κ3) is 5.66. The number of carbonyl (C=O) groups excluding carboxylic acids is 1. The molecule has 0 aromatic rings. The summed E-state index contributed by atoms with van der Waals surface area (Å²) in [5.41, 5.74) is 0.132. The summed E-state index contributed by atoms with van der Waals surface area (Å²) in [6.45, 7) is 19.4. The molecule has 1 heterocycles. The van der Waals surface area contributed by atoms with Crippen LogP contribution in [-0.4, -0.2) is 30.5 Å². The zero-order valence-corrected chi connectivity index (χ0v) is 16.1. The van der Waals surface area contributed by atoms with Crippen LogP contribution in [0.4, 0.5) is 0 Å². The molecule has 1 aliphatic heterocycles. The first-order valence-electron chi connectivity index (χ1n) is 8.91. The molecule has 130 valence electrons. The van der Waals surface area contributed by atoms with Crippen molar-refractivity contribution in [2.24, 2.45) is 16.7 Å². The van der Waals surface area contributed by atoms with Gasteiger partial charge in [0, 0.05) is 24.0 Å². The van der Waals surface area contributed by atoms with Gasteiger partial charge in [-0.15, -0.1) is 0 Å². The number of Topliss-reactive ketones (excluding diaryl/α,β-unsaturated/α-hetero) is 1. The van der Waals surface area contributed by atoms with Crippen molar-refractivity contribution in [2.75, 3.05) is 13.1 Å². The molecule has 0 aromatic heterocycles. The molecule has 0 spiro atoms. The second kappa shape index (κ2) is 7.00. The first-order valence-corrected chi connectivity index (χ1v) is 8.91. The molecule has 0 saturated carbocycles. The van der Waals surface area contributed by atoms with E-state index in [9.17, 15) is 4.79 Å². The van der Waals surface area contributed by atoms with Gasteiger partial charge < -0.3 is 10.6 Å². The molecule has 1 saturated heterocycles. The van der Waals surface area contributed by atoms with Crippen LogP contribution in [0.2, 0.25) is 0 Å². The maximum Gasteiger partial charge on any atom is 0.156 e. The first-order chi connectivity index (χ1) is 9.88. The van der Waals surface area contributed by atoms with Crippen LogP contribution >= 0.6 is 0 Å². The topological polar surface area (TPSA) is 41.1 Å². The summed E-state index contributed by atoms with van der Waals surface area (Å²) < 4.78 is 0. The predicted molar refractivity (Wildman–Crippen MR) is 95.1 cm³/mol. The van der Waals surface area contributed by atoms with Gasteiger partial charge in [-0.05, 0) is 44.9 Å². The van der Waals surface area contributed by atoms with E-state index in [0.717, 1.165) is 32.4 Å². The van der Waals surface area contributed by atoms with Crippen molar-refractivity contribution in [2.45, 2.75) is 86.2 Å². The van der Waals surface area contributed by atoms with Gasteiger partial charge in [0.2, 0.25) is 0 Å².